The number of nitriles is 1. The number of rotatable bonds is 8. The van der Waals surface area contributed by atoms with Crippen molar-refractivity contribution < 1.29 is 17.9 Å². The van der Waals surface area contributed by atoms with E-state index in [-0.39, 0.29) is 11.3 Å². The highest BCUT2D eigenvalue weighted by Crippen LogP contribution is 2.37. The fourth-order valence-electron chi connectivity index (χ4n) is 2.09. The maximum absolute atomic E-state index is 13.0. The van der Waals surface area contributed by atoms with E-state index in [1.807, 2.05) is 0 Å². The molecule has 122 valence electrons. The highest BCUT2D eigenvalue weighted by molar-refractivity contribution is 5.43. The van der Waals surface area contributed by atoms with Crippen molar-refractivity contribution in [1.29, 1.82) is 5.26 Å². The molecule has 0 aromatic heterocycles. The minimum absolute atomic E-state index is 0.0622. The van der Waals surface area contributed by atoms with Crippen LogP contribution >= 0.6 is 0 Å². The van der Waals surface area contributed by atoms with Crippen molar-refractivity contribution in [3.05, 3.63) is 29.3 Å². The molecule has 0 aliphatic carbocycles. The first-order chi connectivity index (χ1) is 10.4. The van der Waals surface area contributed by atoms with Crippen LogP contribution in [0.25, 0.3) is 0 Å². The molecule has 0 aliphatic rings. The van der Waals surface area contributed by atoms with E-state index in [2.05, 4.69) is 6.92 Å². The summed E-state index contributed by atoms with van der Waals surface area (Å²) >= 11 is 0. The van der Waals surface area contributed by atoms with Crippen LogP contribution in [0.5, 0.6) is 5.75 Å². The summed E-state index contributed by atoms with van der Waals surface area (Å²) in [4.78, 5) is 0. The van der Waals surface area contributed by atoms with Crippen LogP contribution < -0.4 is 10.5 Å². The first-order valence-corrected chi connectivity index (χ1v) is 7.42. The summed E-state index contributed by atoms with van der Waals surface area (Å²) in [7, 11) is 0. The van der Waals surface area contributed by atoms with E-state index in [9.17, 15) is 13.2 Å². The second-order valence-electron chi connectivity index (χ2n) is 5.18. The Hall–Kier alpha value is -1.74. The van der Waals surface area contributed by atoms with E-state index in [0.717, 1.165) is 44.2 Å². The summed E-state index contributed by atoms with van der Waals surface area (Å²) in [5.74, 6) is -0.326. The van der Waals surface area contributed by atoms with Gasteiger partial charge in [-0.1, -0.05) is 32.6 Å². The highest BCUT2D eigenvalue weighted by Gasteiger charge is 2.35. The fourth-order valence-corrected chi connectivity index (χ4v) is 2.09. The summed E-state index contributed by atoms with van der Waals surface area (Å²) in [5.41, 5.74) is 4.72. The molecule has 1 aromatic rings. The molecule has 1 unspecified atom stereocenters. The smallest absolute Gasteiger partial charge is 0.420 e. The molecule has 1 atom stereocenters. The van der Waals surface area contributed by atoms with Crippen molar-refractivity contribution in [3.8, 4) is 11.8 Å². The molecule has 0 amide bonds. The van der Waals surface area contributed by atoms with Crippen molar-refractivity contribution >= 4 is 0 Å². The van der Waals surface area contributed by atoms with Gasteiger partial charge < -0.3 is 4.74 Å². The van der Waals surface area contributed by atoms with Gasteiger partial charge in [0.25, 0.3) is 0 Å². The average Bonchev–Trinajstić information content (AvgIpc) is 2.46. The van der Waals surface area contributed by atoms with Gasteiger partial charge in [-0.05, 0) is 31.0 Å². The van der Waals surface area contributed by atoms with Crippen LogP contribution in [-0.4, -0.2) is 6.23 Å². The predicted molar refractivity (Wildman–Crippen MR) is 78.1 cm³/mol. The van der Waals surface area contributed by atoms with Crippen molar-refractivity contribution in [2.45, 2.75) is 57.9 Å². The topological polar surface area (TPSA) is 59.0 Å². The van der Waals surface area contributed by atoms with E-state index < -0.39 is 18.0 Å². The van der Waals surface area contributed by atoms with Gasteiger partial charge in [-0.25, -0.2) is 0 Å². The number of benzene rings is 1. The lowest BCUT2D eigenvalue weighted by Crippen LogP contribution is -2.28. The Morgan fingerprint density at radius 3 is 2.50 bits per heavy atom. The summed E-state index contributed by atoms with van der Waals surface area (Å²) in [6, 6.07) is 4.91. The molecule has 0 saturated carbocycles. The monoisotopic (exact) mass is 314 g/mol. The van der Waals surface area contributed by atoms with Gasteiger partial charge in [-0.2, -0.15) is 18.4 Å². The minimum atomic E-state index is -4.58. The minimum Gasteiger partial charge on any atom is -0.475 e. The molecule has 0 heterocycles. The lowest BCUT2D eigenvalue weighted by molar-refractivity contribution is -0.139. The Morgan fingerprint density at radius 1 is 1.23 bits per heavy atom. The van der Waals surface area contributed by atoms with Crippen LogP contribution in [0.4, 0.5) is 13.2 Å². The largest absolute Gasteiger partial charge is 0.475 e. The number of unbranched alkanes of at least 4 members (excludes halogenated alkanes) is 4. The maximum Gasteiger partial charge on any atom is 0.420 e. The molecule has 0 bridgehead atoms. The van der Waals surface area contributed by atoms with Crippen LogP contribution in [-0.2, 0) is 6.18 Å². The Labute approximate surface area is 128 Å². The second kappa shape index (κ2) is 8.64. The zero-order valence-corrected chi connectivity index (χ0v) is 12.6. The first-order valence-electron chi connectivity index (χ1n) is 7.42. The van der Waals surface area contributed by atoms with Crippen LogP contribution in [0.1, 0.15) is 56.6 Å². The molecule has 0 fully saturated rings. The predicted octanol–water partition coefficient (Wildman–Crippen LogP) is 4.60. The SMILES string of the molecule is CCCCCCCC(N)Oc1ccc(C#N)cc1C(F)(F)F. The standard InChI is InChI=1S/C16H21F3N2O/c1-2-3-4-5-6-7-15(21)22-14-9-8-12(11-20)10-13(14)16(17,18)19/h8-10,15H,2-7,21H2,1H3. The van der Waals surface area contributed by atoms with Gasteiger partial charge in [0, 0.05) is 0 Å². The lowest BCUT2D eigenvalue weighted by Gasteiger charge is -2.18. The Balaban J connectivity index is 2.66. The lowest BCUT2D eigenvalue weighted by atomic mass is 10.1. The van der Waals surface area contributed by atoms with Gasteiger partial charge in [0.15, 0.2) is 0 Å². The molecule has 1 rings (SSSR count). The summed E-state index contributed by atoms with van der Waals surface area (Å²) in [5, 5.41) is 8.70. The number of alkyl halides is 3. The van der Waals surface area contributed by atoms with E-state index in [4.69, 9.17) is 15.7 Å². The molecule has 0 radical (unpaired) electrons. The third-order valence-corrected chi connectivity index (χ3v) is 3.28. The Morgan fingerprint density at radius 2 is 1.91 bits per heavy atom. The number of nitrogens with two attached hydrogens (primary N) is 1. The molecule has 22 heavy (non-hydrogen) atoms. The molecule has 3 nitrogen and oxygen atoms in total. The van der Waals surface area contributed by atoms with Crippen LogP contribution in [0.3, 0.4) is 0 Å². The van der Waals surface area contributed by atoms with Gasteiger partial charge in [-0.3, -0.25) is 5.73 Å². The van der Waals surface area contributed by atoms with Gasteiger partial charge in [0.05, 0.1) is 17.2 Å². The summed E-state index contributed by atoms with van der Waals surface area (Å²) < 4.78 is 44.2. The van der Waals surface area contributed by atoms with Gasteiger partial charge in [0.1, 0.15) is 12.0 Å². The Bertz CT molecular complexity index is 509. The van der Waals surface area contributed by atoms with Crippen molar-refractivity contribution in [2.24, 2.45) is 5.73 Å². The number of hydrogen-bond acceptors (Lipinski definition) is 3. The van der Waals surface area contributed by atoms with Crippen molar-refractivity contribution in [1.82, 2.24) is 0 Å². The molecule has 2 N–H and O–H groups in total. The quantitative estimate of drug-likeness (QED) is 0.563. The molecular formula is C16H21F3N2O. The molecule has 1 aromatic carbocycles. The number of halogens is 3. The van der Waals surface area contributed by atoms with Gasteiger partial charge in [0.2, 0.25) is 0 Å². The Kier molecular flexibility index (Phi) is 7.19. The van der Waals surface area contributed by atoms with Gasteiger partial charge >= 0.3 is 6.18 Å². The fraction of sp³-hybridized carbons (Fsp3) is 0.562. The molecule has 0 aliphatic heterocycles. The number of nitrogens with zero attached hydrogens (tertiary/aromatic N) is 1. The average molecular weight is 314 g/mol. The third-order valence-electron chi connectivity index (χ3n) is 3.28. The maximum atomic E-state index is 13.0. The normalized spacial score (nSPS) is 12.7. The third kappa shape index (κ3) is 5.94. The van der Waals surface area contributed by atoms with E-state index >= 15 is 0 Å². The first kappa shape index (κ1) is 18.3. The van der Waals surface area contributed by atoms with Crippen molar-refractivity contribution in [3.63, 3.8) is 0 Å². The van der Waals surface area contributed by atoms with E-state index in [0.29, 0.717) is 6.42 Å². The number of ether oxygens (including phenoxy) is 1. The van der Waals surface area contributed by atoms with Crippen LogP contribution in [0.15, 0.2) is 18.2 Å². The van der Waals surface area contributed by atoms with Crippen LogP contribution in [0, 0.1) is 11.3 Å². The van der Waals surface area contributed by atoms with Crippen molar-refractivity contribution in [2.75, 3.05) is 0 Å². The van der Waals surface area contributed by atoms with Gasteiger partial charge in [-0.15, -0.1) is 0 Å². The molecule has 0 saturated heterocycles. The second-order valence-corrected chi connectivity index (χ2v) is 5.18. The molecule has 0 spiro atoms. The molecule has 6 heteroatoms. The zero-order valence-electron chi connectivity index (χ0n) is 12.6. The zero-order chi connectivity index (χ0) is 16.6. The summed E-state index contributed by atoms with van der Waals surface area (Å²) in [6.45, 7) is 2.11. The highest BCUT2D eigenvalue weighted by atomic mass is 19.4. The summed E-state index contributed by atoms with van der Waals surface area (Å²) in [6.07, 6.45) is 0.309. The van der Waals surface area contributed by atoms with E-state index in [1.54, 1.807) is 6.07 Å². The number of hydrogen-bond donors (Lipinski definition) is 1. The molecular weight excluding hydrogens is 293 g/mol. The van der Waals surface area contributed by atoms with Crippen LogP contribution in [0.2, 0.25) is 0 Å². The van der Waals surface area contributed by atoms with E-state index in [1.165, 1.54) is 6.07 Å².